The molecule has 1 heterocycles. The van der Waals surface area contributed by atoms with Gasteiger partial charge in [-0.25, -0.2) is 4.79 Å². The Balaban J connectivity index is 2.47. The lowest BCUT2D eigenvalue weighted by atomic mass is 9.77. The summed E-state index contributed by atoms with van der Waals surface area (Å²) < 4.78 is 11.3. The normalized spacial score (nSPS) is 40.8. The van der Waals surface area contributed by atoms with Gasteiger partial charge < -0.3 is 19.7 Å². The minimum Gasteiger partial charge on any atom is -0.458 e. The second-order valence-electron chi connectivity index (χ2n) is 7.72. The fraction of sp³-hybridized carbons (Fsp3) is 0.684. The molecule has 0 bridgehead atoms. The second-order valence-corrected chi connectivity index (χ2v) is 7.72. The molecule has 1 fully saturated rings. The zero-order valence-electron chi connectivity index (χ0n) is 15.3. The zero-order chi connectivity index (χ0) is 18.9. The maximum Gasteiger partial charge on any atom is 0.334 e. The first-order valence-corrected chi connectivity index (χ1v) is 8.70. The smallest absolute Gasteiger partial charge is 0.334 e. The van der Waals surface area contributed by atoms with Gasteiger partial charge in [0.25, 0.3) is 0 Å². The Morgan fingerprint density at radius 2 is 2.08 bits per heavy atom. The molecule has 0 unspecified atom stereocenters. The molecule has 1 aliphatic carbocycles. The molecule has 1 aliphatic heterocycles. The highest BCUT2D eigenvalue weighted by molar-refractivity contribution is 5.97. The van der Waals surface area contributed by atoms with Gasteiger partial charge in [0, 0.05) is 12.2 Å². The first kappa shape index (κ1) is 19.8. The maximum absolute atomic E-state index is 12.4. The number of esters is 1. The fourth-order valence-corrected chi connectivity index (χ4v) is 3.28. The van der Waals surface area contributed by atoms with E-state index in [-0.39, 0.29) is 17.4 Å². The largest absolute Gasteiger partial charge is 0.458 e. The number of aliphatic hydroxyl groups excluding tert-OH is 1. The molecule has 6 heteroatoms. The maximum atomic E-state index is 12.4. The molecule has 2 rings (SSSR count). The first-order valence-electron chi connectivity index (χ1n) is 8.70. The quantitative estimate of drug-likeness (QED) is 0.589. The van der Waals surface area contributed by atoms with Crippen molar-refractivity contribution in [1.82, 2.24) is 0 Å². The van der Waals surface area contributed by atoms with Gasteiger partial charge in [-0.3, -0.25) is 4.79 Å². The molecule has 0 aromatic heterocycles. The van der Waals surface area contributed by atoms with E-state index in [0.29, 0.717) is 13.0 Å². The molecule has 140 valence electrons. The Morgan fingerprint density at radius 3 is 2.68 bits per heavy atom. The summed E-state index contributed by atoms with van der Waals surface area (Å²) in [5, 5.41) is 21.4. The summed E-state index contributed by atoms with van der Waals surface area (Å²) in [6.45, 7) is 11.2. The number of hydrogen-bond donors (Lipinski definition) is 2. The Morgan fingerprint density at radius 1 is 1.44 bits per heavy atom. The van der Waals surface area contributed by atoms with Crippen LogP contribution in [0.1, 0.15) is 34.1 Å². The zero-order valence-corrected chi connectivity index (χ0v) is 15.3. The van der Waals surface area contributed by atoms with Gasteiger partial charge >= 0.3 is 5.97 Å². The van der Waals surface area contributed by atoms with Crippen LogP contribution in [0.25, 0.3) is 0 Å². The third-order valence-corrected chi connectivity index (χ3v) is 4.87. The molecule has 6 nitrogen and oxygen atoms in total. The van der Waals surface area contributed by atoms with Gasteiger partial charge in [-0.2, -0.15) is 0 Å². The van der Waals surface area contributed by atoms with E-state index in [1.807, 2.05) is 20.8 Å². The second kappa shape index (κ2) is 7.40. The summed E-state index contributed by atoms with van der Waals surface area (Å²) in [5.74, 6) is -1.62. The van der Waals surface area contributed by atoms with Gasteiger partial charge in [-0.1, -0.05) is 33.4 Å². The Labute approximate surface area is 148 Å². The lowest BCUT2D eigenvalue weighted by Crippen LogP contribution is -2.56. The van der Waals surface area contributed by atoms with Crippen LogP contribution in [0.4, 0.5) is 0 Å². The van der Waals surface area contributed by atoms with Crippen molar-refractivity contribution in [2.75, 3.05) is 6.61 Å². The predicted octanol–water partition coefficient (Wildman–Crippen LogP) is 1.40. The van der Waals surface area contributed by atoms with E-state index in [4.69, 9.17) is 9.47 Å². The molecule has 25 heavy (non-hydrogen) atoms. The third-order valence-electron chi connectivity index (χ3n) is 4.87. The molecule has 2 aliphatic rings. The highest BCUT2D eigenvalue weighted by Crippen LogP contribution is 2.38. The molecule has 2 N–H and O–H groups in total. The number of carbonyl (C=O) groups is 2. The molecular weight excluding hydrogens is 324 g/mol. The molecule has 0 aromatic carbocycles. The Kier molecular flexibility index (Phi) is 5.86. The number of carbonyl (C=O) groups excluding carboxylic acids is 2. The molecule has 0 aromatic rings. The van der Waals surface area contributed by atoms with Crippen molar-refractivity contribution in [3.05, 3.63) is 24.3 Å². The molecule has 0 spiro atoms. The topological polar surface area (TPSA) is 93.1 Å². The van der Waals surface area contributed by atoms with Crippen molar-refractivity contribution in [3.8, 4) is 0 Å². The van der Waals surface area contributed by atoms with E-state index in [0.717, 1.165) is 0 Å². The van der Waals surface area contributed by atoms with Gasteiger partial charge in [0.2, 0.25) is 0 Å². The van der Waals surface area contributed by atoms with Crippen molar-refractivity contribution in [2.45, 2.75) is 58.0 Å². The monoisotopic (exact) mass is 352 g/mol. The van der Waals surface area contributed by atoms with Gasteiger partial charge in [0.1, 0.15) is 12.2 Å². The first-order chi connectivity index (χ1) is 11.6. The lowest BCUT2D eigenvalue weighted by Gasteiger charge is -2.38. The van der Waals surface area contributed by atoms with Crippen molar-refractivity contribution < 1.29 is 29.3 Å². The van der Waals surface area contributed by atoms with Crippen LogP contribution in [-0.2, 0) is 19.1 Å². The molecule has 0 radical (unpaired) electrons. The van der Waals surface area contributed by atoms with Crippen LogP contribution in [0, 0.1) is 17.8 Å². The number of ketones is 1. The summed E-state index contributed by atoms with van der Waals surface area (Å²) in [4.78, 5) is 24.4. The van der Waals surface area contributed by atoms with Crippen molar-refractivity contribution in [2.24, 2.45) is 17.8 Å². The van der Waals surface area contributed by atoms with Crippen LogP contribution in [-0.4, -0.2) is 52.5 Å². The molecule has 0 saturated carbocycles. The minimum absolute atomic E-state index is 0.0491. The van der Waals surface area contributed by atoms with Crippen LogP contribution in [0.3, 0.4) is 0 Å². The number of ether oxygens (including phenoxy) is 2. The van der Waals surface area contributed by atoms with E-state index in [2.05, 4.69) is 6.58 Å². The number of rotatable bonds is 3. The van der Waals surface area contributed by atoms with Crippen molar-refractivity contribution in [1.29, 1.82) is 0 Å². The van der Waals surface area contributed by atoms with Crippen molar-refractivity contribution in [3.63, 3.8) is 0 Å². The summed E-state index contributed by atoms with van der Waals surface area (Å²) >= 11 is 0. The van der Waals surface area contributed by atoms with Gasteiger partial charge in [-0.05, 0) is 31.3 Å². The van der Waals surface area contributed by atoms with Gasteiger partial charge in [0.05, 0.1) is 12.0 Å². The van der Waals surface area contributed by atoms with Gasteiger partial charge in [-0.15, -0.1) is 0 Å². The average Bonchev–Trinajstić information content (AvgIpc) is 2.79. The van der Waals surface area contributed by atoms with Crippen LogP contribution in [0.2, 0.25) is 0 Å². The van der Waals surface area contributed by atoms with Crippen molar-refractivity contribution >= 4 is 11.8 Å². The van der Waals surface area contributed by atoms with Gasteiger partial charge in [0.15, 0.2) is 11.4 Å². The van der Waals surface area contributed by atoms with Crippen LogP contribution in [0.5, 0.6) is 0 Å². The molecule has 0 amide bonds. The summed E-state index contributed by atoms with van der Waals surface area (Å²) in [6.07, 6.45) is 0.412. The molecule has 6 atom stereocenters. The average molecular weight is 352 g/mol. The summed E-state index contributed by atoms with van der Waals surface area (Å²) in [7, 11) is 0. The third kappa shape index (κ3) is 4.02. The van der Waals surface area contributed by atoms with E-state index in [1.54, 1.807) is 6.08 Å². The molecule has 1 saturated heterocycles. The minimum atomic E-state index is -2.04. The highest BCUT2D eigenvalue weighted by atomic mass is 16.6. The number of aliphatic hydroxyl groups is 2. The summed E-state index contributed by atoms with van der Waals surface area (Å²) in [5.41, 5.74) is -1.83. The van der Waals surface area contributed by atoms with Crippen LogP contribution >= 0.6 is 0 Å². The van der Waals surface area contributed by atoms with Crippen LogP contribution in [0.15, 0.2) is 24.3 Å². The SMILES string of the molecule is C=C1C(=O)O[C@@H]2C[C@@H](C)/C=C\C(=O)[C@@](C)(O)[C@H](O)[C@@H](OCC(C)C)[C@@H]12. The number of hydrogen-bond acceptors (Lipinski definition) is 6. The van der Waals surface area contributed by atoms with E-state index in [9.17, 15) is 19.8 Å². The Bertz CT molecular complexity index is 576. The van der Waals surface area contributed by atoms with Crippen LogP contribution < -0.4 is 0 Å². The Hall–Kier alpha value is -1.50. The fourth-order valence-electron chi connectivity index (χ4n) is 3.28. The van der Waals surface area contributed by atoms with E-state index in [1.165, 1.54) is 13.0 Å². The highest BCUT2D eigenvalue weighted by Gasteiger charge is 2.52. The van der Waals surface area contributed by atoms with E-state index >= 15 is 0 Å². The molecular formula is C19H28O6. The summed E-state index contributed by atoms with van der Waals surface area (Å²) in [6, 6.07) is 0. The number of fused-ring (bicyclic) bond motifs is 1. The lowest BCUT2D eigenvalue weighted by molar-refractivity contribution is -0.170. The number of allylic oxidation sites excluding steroid dienone is 1. The predicted molar refractivity (Wildman–Crippen MR) is 91.6 cm³/mol. The standard InChI is InChI=1S/C19H28O6/c1-10(2)9-24-16-15-12(4)18(22)25-13(15)8-11(3)6-7-14(20)19(5,23)17(16)21/h6-7,10-11,13,15-17,21,23H,4,8-9H2,1-3,5H3/b7-6-/t11-,13+,15-,16-,17+,19+/m0/s1. The van der Waals surface area contributed by atoms with E-state index < -0.39 is 41.6 Å².